The van der Waals surface area contributed by atoms with Crippen molar-refractivity contribution in [1.29, 1.82) is 0 Å². The van der Waals surface area contributed by atoms with Gasteiger partial charge in [-0.3, -0.25) is 4.79 Å². The molecule has 0 unspecified atom stereocenters. The number of thiophene rings is 1. The minimum atomic E-state index is -4.43. The van der Waals surface area contributed by atoms with E-state index in [0.29, 0.717) is 12.8 Å². The zero-order valence-corrected chi connectivity index (χ0v) is 14.5. The molecule has 9 heteroatoms. The number of fused-ring (bicyclic) bond motifs is 1. The van der Waals surface area contributed by atoms with E-state index in [4.69, 9.17) is 9.47 Å². The van der Waals surface area contributed by atoms with E-state index in [1.54, 1.807) is 11.3 Å². The van der Waals surface area contributed by atoms with Gasteiger partial charge in [-0.2, -0.15) is 13.2 Å². The summed E-state index contributed by atoms with van der Waals surface area (Å²) in [6, 6.07) is 4.11. The Labute approximate surface area is 152 Å². The van der Waals surface area contributed by atoms with Crippen LogP contribution in [-0.2, 0) is 22.1 Å². The third-order valence-electron chi connectivity index (χ3n) is 3.87. The second kappa shape index (κ2) is 8.05. The van der Waals surface area contributed by atoms with Crippen LogP contribution in [0.1, 0.15) is 28.5 Å². The van der Waals surface area contributed by atoms with E-state index in [9.17, 15) is 18.0 Å². The van der Waals surface area contributed by atoms with Crippen LogP contribution in [0.4, 0.5) is 13.2 Å². The lowest BCUT2D eigenvalue weighted by Crippen LogP contribution is -2.30. The van der Waals surface area contributed by atoms with E-state index in [1.807, 2.05) is 5.38 Å². The number of pyridine rings is 1. The Bertz CT molecular complexity index is 746. The molecule has 0 bridgehead atoms. The number of rotatable bonds is 6. The van der Waals surface area contributed by atoms with Crippen molar-refractivity contribution in [2.75, 3.05) is 19.8 Å². The maximum Gasteiger partial charge on any atom is 0.417 e. The van der Waals surface area contributed by atoms with Crippen LogP contribution in [-0.4, -0.2) is 30.6 Å². The highest BCUT2D eigenvalue weighted by Crippen LogP contribution is 2.33. The topological polar surface area (TPSA) is 60.5 Å². The number of ether oxygens (including phenoxy) is 2. The number of aromatic nitrogens is 1. The van der Waals surface area contributed by atoms with E-state index in [1.165, 1.54) is 5.56 Å². The van der Waals surface area contributed by atoms with Crippen molar-refractivity contribution < 1.29 is 27.4 Å². The summed E-state index contributed by atoms with van der Waals surface area (Å²) in [6.45, 7) is 0.940. The number of amides is 1. The molecule has 1 aliphatic heterocycles. The quantitative estimate of drug-likeness (QED) is 0.774. The van der Waals surface area contributed by atoms with Crippen molar-refractivity contribution in [2.45, 2.75) is 25.1 Å². The molecular weight excluding hydrogens is 369 g/mol. The van der Waals surface area contributed by atoms with Crippen LogP contribution in [0, 0.1) is 0 Å². The first-order chi connectivity index (χ1) is 12.4. The van der Waals surface area contributed by atoms with Crippen molar-refractivity contribution in [1.82, 2.24) is 10.3 Å². The molecule has 2 aromatic rings. The molecule has 0 aromatic carbocycles. The summed E-state index contributed by atoms with van der Waals surface area (Å²) in [5.41, 5.74) is 0.398. The van der Waals surface area contributed by atoms with Crippen molar-refractivity contribution in [2.24, 2.45) is 0 Å². The molecule has 0 saturated carbocycles. The highest BCUT2D eigenvalue weighted by molar-refractivity contribution is 7.10. The SMILES string of the molecule is O=C(C[C@@H]1OCCc2ccsc21)NCCOc1ccc(C(F)(F)F)cn1. The largest absolute Gasteiger partial charge is 0.476 e. The lowest BCUT2D eigenvalue weighted by Gasteiger charge is -2.22. The smallest absolute Gasteiger partial charge is 0.417 e. The van der Waals surface area contributed by atoms with Gasteiger partial charge in [-0.15, -0.1) is 11.3 Å². The molecule has 0 radical (unpaired) electrons. The molecule has 1 amide bonds. The lowest BCUT2D eigenvalue weighted by molar-refractivity contribution is -0.137. The van der Waals surface area contributed by atoms with Gasteiger partial charge in [0.1, 0.15) is 12.7 Å². The van der Waals surface area contributed by atoms with Crippen molar-refractivity contribution in [3.8, 4) is 5.88 Å². The first kappa shape index (κ1) is 18.7. The number of carbonyl (C=O) groups excluding carboxylic acids is 1. The van der Waals surface area contributed by atoms with Gasteiger partial charge < -0.3 is 14.8 Å². The van der Waals surface area contributed by atoms with Gasteiger partial charge >= 0.3 is 6.18 Å². The van der Waals surface area contributed by atoms with E-state index in [0.717, 1.165) is 23.4 Å². The minimum Gasteiger partial charge on any atom is -0.476 e. The molecule has 140 valence electrons. The van der Waals surface area contributed by atoms with Gasteiger partial charge in [0.25, 0.3) is 0 Å². The Hall–Kier alpha value is -2.13. The van der Waals surface area contributed by atoms with Gasteiger partial charge in [-0.25, -0.2) is 4.98 Å². The van der Waals surface area contributed by atoms with Crippen molar-refractivity contribution in [3.05, 3.63) is 45.8 Å². The minimum absolute atomic E-state index is 0.0751. The molecule has 3 rings (SSSR count). The van der Waals surface area contributed by atoms with Crippen LogP contribution in [0.15, 0.2) is 29.8 Å². The fourth-order valence-electron chi connectivity index (χ4n) is 2.59. The first-order valence-corrected chi connectivity index (χ1v) is 8.92. The van der Waals surface area contributed by atoms with Crippen LogP contribution in [0.25, 0.3) is 0 Å². The zero-order chi connectivity index (χ0) is 18.6. The molecule has 0 spiro atoms. The highest BCUT2D eigenvalue weighted by Gasteiger charge is 2.30. The van der Waals surface area contributed by atoms with Crippen LogP contribution in [0.5, 0.6) is 5.88 Å². The average Bonchev–Trinajstić information content (AvgIpc) is 3.08. The Morgan fingerprint density at radius 2 is 2.23 bits per heavy atom. The second-order valence-corrected chi connectivity index (χ2v) is 6.65. The monoisotopic (exact) mass is 386 g/mol. The normalized spacial score (nSPS) is 16.8. The molecule has 5 nitrogen and oxygen atoms in total. The summed E-state index contributed by atoms with van der Waals surface area (Å²) in [6.07, 6.45) is -2.84. The number of hydrogen-bond donors (Lipinski definition) is 1. The van der Waals surface area contributed by atoms with E-state index >= 15 is 0 Å². The maximum absolute atomic E-state index is 12.4. The third-order valence-corrected chi connectivity index (χ3v) is 4.92. The van der Waals surface area contributed by atoms with Gasteiger partial charge in [-0.1, -0.05) is 0 Å². The number of carbonyl (C=O) groups is 1. The maximum atomic E-state index is 12.4. The molecule has 1 N–H and O–H groups in total. The molecule has 3 heterocycles. The van der Waals surface area contributed by atoms with Gasteiger partial charge in [0.15, 0.2) is 0 Å². The van der Waals surface area contributed by atoms with Gasteiger partial charge in [0, 0.05) is 17.1 Å². The van der Waals surface area contributed by atoms with Gasteiger partial charge in [0.05, 0.1) is 25.1 Å². The molecule has 26 heavy (non-hydrogen) atoms. The van der Waals surface area contributed by atoms with E-state index < -0.39 is 11.7 Å². The zero-order valence-electron chi connectivity index (χ0n) is 13.7. The summed E-state index contributed by atoms with van der Waals surface area (Å²) in [7, 11) is 0. The van der Waals surface area contributed by atoms with Crippen molar-refractivity contribution >= 4 is 17.2 Å². The van der Waals surface area contributed by atoms with E-state index in [2.05, 4.69) is 16.4 Å². The fourth-order valence-corrected chi connectivity index (χ4v) is 3.60. The standard InChI is InChI=1S/C17H17F3N2O3S/c18-17(19,20)12-1-2-15(22-10-12)25-7-5-21-14(23)9-13-16-11(3-6-24-13)4-8-26-16/h1-2,4,8,10,13H,3,5-7,9H2,(H,21,23)/t13-/m0/s1. The molecule has 0 saturated heterocycles. The van der Waals surface area contributed by atoms with Gasteiger partial charge in [0.2, 0.25) is 11.8 Å². The predicted molar refractivity (Wildman–Crippen MR) is 89.1 cm³/mol. The fraction of sp³-hybridized carbons (Fsp3) is 0.412. The Morgan fingerprint density at radius 3 is 2.96 bits per heavy atom. The number of nitrogens with zero attached hydrogens (tertiary/aromatic N) is 1. The number of nitrogens with one attached hydrogen (secondary N) is 1. The lowest BCUT2D eigenvalue weighted by atomic mass is 10.1. The summed E-state index contributed by atoms with van der Waals surface area (Å²) >= 11 is 1.59. The molecular formula is C17H17F3N2O3S. The predicted octanol–water partition coefficient (Wildman–Crippen LogP) is 3.36. The van der Waals surface area contributed by atoms with Crippen LogP contribution < -0.4 is 10.1 Å². The molecule has 1 atom stereocenters. The highest BCUT2D eigenvalue weighted by atomic mass is 32.1. The van der Waals surface area contributed by atoms with Crippen molar-refractivity contribution in [3.63, 3.8) is 0 Å². The first-order valence-electron chi connectivity index (χ1n) is 8.04. The average molecular weight is 386 g/mol. The summed E-state index contributed by atoms with van der Waals surface area (Å²) in [5.74, 6) is -0.0914. The van der Waals surface area contributed by atoms with E-state index in [-0.39, 0.29) is 37.5 Å². The number of alkyl halides is 3. The third kappa shape index (κ3) is 4.73. The molecule has 0 fully saturated rings. The molecule has 0 aliphatic carbocycles. The Morgan fingerprint density at radius 1 is 1.38 bits per heavy atom. The second-order valence-electron chi connectivity index (χ2n) is 5.70. The molecule has 2 aromatic heterocycles. The molecule has 1 aliphatic rings. The van der Waals surface area contributed by atoms with Crippen LogP contribution in [0.3, 0.4) is 0 Å². The van der Waals surface area contributed by atoms with Gasteiger partial charge in [-0.05, 0) is 29.5 Å². The summed E-state index contributed by atoms with van der Waals surface area (Å²) in [4.78, 5) is 16.7. The van der Waals surface area contributed by atoms with Crippen LogP contribution >= 0.6 is 11.3 Å². The number of halogens is 3. The van der Waals surface area contributed by atoms with Crippen LogP contribution in [0.2, 0.25) is 0 Å². The Kier molecular flexibility index (Phi) is 5.77. The number of hydrogen-bond acceptors (Lipinski definition) is 5. The Balaban J connectivity index is 1.40. The summed E-state index contributed by atoms with van der Waals surface area (Å²) < 4.78 is 48.2. The summed E-state index contributed by atoms with van der Waals surface area (Å²) in [5, 5.41) is 4.71.